The molecule has 0 aromatic carbocycles. The number of hydrogen-bond acceptors (Lipinski definition) is 0. The average Bonchev–Trinajstić information content (AvgIpc) is 2.71. The van der Waals surface area contributed by atoms with Gasteiger partial charge in [-0.05, 0) is 30.1 Å². The third kappa shape index (κ3) is 5.37. The third-order valence-corrected chi connectivity index (χ3v) is 4.57. The molecule has 0 radical (unpaired) electrons. The molecule has 3 unspecified atom stereocenters. The molecule has 0 aromatic rings. The first-order chi connectivity index (χ1) is 7.61. The first-order valence-electron chi connectivity index (χ1n) is 7.61. The second-order valence-electron chi connectivity index (χ2n) is 6.61. The summed E-state index contributed by atoms with van der Waals surface area (Å²) < 4.78 is 0. The zero-order chi connectivity index (χ0) is 12.0. The minimum absolute atomic E-state index is 0.902. The van der Waals surface area contributed by atoms with Gasteiger partial charge in [0.05, 0.1) is 0 Å². The second kappa shape index (κ2) is 7.35. The monoisotopic (exact) mass is 224 g/mol. The minimum Gasteiger partial charge on any atom is -0.0651 e. The van der Waals surface area contributed by atoms with Crippen molar-refractivity contribution in [3.8, 4) is 0 Å². The first kappa shape index (κ1) is 14.1. The van der Waals surface area contributed by atoms with Gasteiger partial charge in [0, 0.05) is 0 Å². The highest BCUT2D eigenvalue weighted by Gasteiger charge is 2.24. The summed E-state index contributed by atoms with van der Waals surface area (Å²) in [5, 5.41) is 0. The summed E-state index contributed by atoms with van der Waals surface area (Å²) in [6.45, 7) is 9.45. The van der Waals surface area contributed by atoms with Gasteiger partial charge in [0.1, 0.15) is 0 Å². The molecular formula is C16H32. The van der Waals surface area contributed by atoms with E-state index in [2.05, 4.69) is 27.7 Å². The summed E-state index contributed by atoms with van der Waals surface area (Å²) in [5.74, 6) is 4.00. The minimum atomic E-state index is 0.902. The van der Waals surface area contributed by atoms with Crippen molar-refractivity contribution in [2.45, 2.75) is 79.1 Å². The zero-order valence-corrected chi connectivity index (χ0v) is 12.0. The van der Waals surface area contributed by atoms with Crippen LogP contribution in [0, 0.1) is 23.7 Å². The largest absolute Gasteiger partial charge is 0.0651 e. The summed E-state index contributed by atoms with van der Waals surface area (Å²) in [7, 11) is 0. The Morgan fingerprint density at radius 1 is 0.938 bits per heavy atom. The normalized spacial score (nSPS) is 27.6. The molecule has 0 spiro atoms. The van der Waals surface area contributed by atoms with E-state index in [1.165, 1.54) is 44.9 Å². The fraction of sp³-hybridized carbons (Fsp3) is 1.00. The summed E-state index contributed by atoms with van der Waals surface area (Å²) in [6, 6.07) is 0. The van der Waals surface area contributed by atoms with Crippen molar-refractivity contribution in [3.05, 3.63) is 0 Å². The maximum absolute atomic E-state index is 2.41. The van der Waals surface area contributed by atoms with Crippen LogP contribution >= 0.6 is 0 Å². The average molecular weight is 224 g/mol. The van der Waals surface area contributed by atoms with E-state index >= 15 is 0 Å². The molecule has 96 valence electrons. The van der Waals surface area contributed by atoms with E-state index in [4.69, 9.17) is 0 Å². The molecule has 1 aliphatic rings. The maximum Gasteiger partial charge on any atom is -0.0411 e. The smallest absolute Gasteiger partial charge is 0.0411 e. The lowest BCUT2D eigenvalue weighted by Gasteiger charge is -2.14. The van der Waals surface area contributed by atoms with Crippen molar-refractivity contribution in [1.29, 1.82) is 0 Å². The van der Waals surface area contributed by atoms with Gasteiger partial charge in [0.2, 0.25) is 0 Å². The van der Waals surface area contributed by atoms with Gasteiger partial charge in [-0.15, -0.1) is 0 Å². The van der Waals surface area contributed by atoms with E-state index in [0.717, 1.165) is 23.7 Å². The molecule has 1 fully saturated rings. The van der Waals surface area contributed by atoms with Crippen molar-refractivity contribution in [1.82, 2.24) is 0 Å². The Morgan fingerprint density at radius 2 is 1.50 bits per heavy atom. The highest BCUT2D eigenvalue weighted by molar-refractivity contribution is 4.76. The van der Waals surface area contributed by atoms with Crippen molar-refractivity contribution in [2.75, 3.05) is 0 Å². The molecular weight excluding hydrogens is 192 g/mol. The van der Waals surface area contributed by atoms with Crippen molar-refractivity contribution in [2.24, 2.45) is 23.7 Å². The van der Waals surface area contributed by atoms with Gasteiger partial charge in [0.25, 0.3) is 0 Å². The van der Waals surface area contributed by atoms with Crippen LogP contribution in [-0.2, 0) is 0 Å². The summed E-state index contributed by atoms with van der Waals surface area (Å²) in [4.78, 5) is 0. The molecule has 0 heterocycles. The van der Waals surface area contributed by atoms with Crippen LogP contribution in [0.3, 0.4) is 0 Å². The van der Waals surface area contributed by atoms with Gasteiger partial charge in [-0.25, -0.2) is 0 Å². The van der Waals surface area contributed by atoms with Crippen LogP contribution in [-0.4, -0.2) is 0 Å². The van der Waals surface area contributed by atoms with Crippen molar-refractivity contribution in [3.63, 3.8) is 0 Å². The van der Waals surface area contributed by atoms with Crippen LogP contribution < -0.4 is 0 Å². The topological polar surface area (TPSA) is 0 Å². The van der Waals surface area contributed by atoms with E-state index < -0.39 is 0 Å². The molecule has 0 nitrogen and oxygen atoms in total. The molecule has 0 aliphatic heterocycles. The van der Waals surface area contributed by atoms with Gasteiger partial charge >= 0.3 is 0 Å². The Labute approximate surface area is 103 Å². The van der Waals surface area contributed by atoms with Gasteiger partial charge in [0.15, 0.2) is 0 Å². The van der Waals surface area contributed by atoms with Crippen LogP contribution in [0.2, 0.25) is 0 Å². The van der Waals surface area contributed by atoms with E-state index in [-0.39, 0.29) is 0 Å². The molecule has 16 heavy (non-hydrogen) atoms. The van der Waals surface area contributed by atoms with Gasteiger partial charge in [-0.3, -0.25) is 0 Å². The lowest BCUT2D eigenvalue weighted by Crippen LogP contribution is -2.01. The molecule has 3 atom stereocenters. The number of hydrogen-bond donors (Lipinski definition) is 0. The summed E-state index contributed by atoms with van der Waals surface area (Å²) in [6.07, 6.45) is 11.9. The Morgan fingerprint density at radius 3 is 2.00 bits per heavy atom. The predicted octanol–water partition coefficient (Wildman–Crippen LogP) is 5.67. The second-order valence-corrected chi connectivity index (χ2v) is 6.61. The lowest BCUT2D eigenvalue weighted by atomic mass is 9.92. The third-order valence-electron chi connectivity index (χ3n) is 4.57. The standard InChI is InChI=1S/C16H32/c1-5-14(4)7-9-16-11-10-15(12-16)8-6-13(2)3/h13-16H,5-12H2,1-4H3. The van der Waals surface area contributed by atoms with Gasteiger partial charge in [-0.2, -0.15) is 0 Å². The van der Waals surface area contributed by atoms with E-state index in [0.29, 0.717) is 0 Å². The number of rotatable bonds is 7. The molecule has 0 aromatic heterocycles. The van der Waals surface area contributed by atoms with Crippen LogP contribution in [0.4, 0.5) is 0 Å². The molecule has 0 bridgehead atoms. The summed E-state index contributed by atoms with van der Waals surface area (Å²) in [5.41, 5.74) is 0. The highest BCUT2D eigenvalue weighted by atomic mass is 14.3. The Bertz CT molecular complexity index is 171. The SMILES string of the molecule is CCC(C)CCC1CCC(CCC(C)C)C1. The fourth-order valence-electron chi connectivity index (χ4n) is 3.00. The first-order valence-corrected chi connectivity index (χ1v) is 7.61. The van der Waals surface area contributed by atoms with Crippen LogP contribution in [0.25, 0.3) is 0 Å². The molecule has 0 heteroatoms. The molecule has 0 amide bonds. The predicted molar refractivity (Wildman–Crippen MR) is 73.6 cm³/mol. The van der Waals surface area contributed by atoms with Crippen LogP contribution in [0.15, 0.2) is 0 Å². The molecule has 0 saturated heterocycles. The van der Waals surface area contributed by atoms with E-state index in [1.807, 2.05) is 0 Å². The van der Waals surface area contributed by atoms with Crippen molar-refractivity contribution < 1.29 is 0 Å². The van der Waals surface area contributed by atoms with Crippen LogP contribution in [0.1, 0.15) is 79.1 Å². The molecule has 0 N–H and O–H groups in total. The van der Waals surface area contributed by atoms with E-state index in [1.54, 1.807) is 6.42 Å². The Kier molecular flexibility index (Phi) is 6.46. The fourth-order valence-corrected chi connectivity index (χ4v) is 3.00. The van der Waals surface area contributed by atoms with E-state index in [9.17, 15) is 0 Å². The molecule has 1 aliphatic carbocycles. The van der Waals surface area contributed by atoms with Crippen molar-refractivity contribution >= 4 is 0 Å². The molecule has 1 saturated carbocycles. The Balaban J connectivity index is 2.10. The lowest BCUT2D eigenvalue weighted by molar-refractivity contribution is 0.379. The molecule has 1 rings (SSSR count). The van der Waals surface area contributed by atoms with Crippen LogP contribution in [0.5, 0.6) is 0 Å². The quantitative estimate of drug-likeness (QED) is 0.523. The van der Waals surface area contributed by atoms with Gasteiger partial charge < -0.3 is 0 Å². The summed E-state index contributed by atoms with van der Waals surface area (Å²) >= 11 is 0. The van der Waals surface area contributed by atoms with Gasteiger partial charge in [-0.1, -0.05) is 72.6 Å². The zero-order valence-electron chi connectivity index (χ0n) is 12.0. The Hall–Kier alpha value is 0. The highest BCUT2D eigenvalue weighted by Crippen LogP contribution is 2.37. The maximum atomic E-state index is 2.41.